The minimum atomic E-state index is -4.39. The Labute approximate surface area is 241 Å². The molecule has 2 bridgehead atoms. The van der Waals surface area contributed by atoms with Crippen molar-refractivity contribution < 1.29 is 41.7 Å². The van der Waals surface area contributed by atoms with Crippen LogP contribution in [0.15, 0.2) is 23.8 Å². The predicted octanol–water partition coefficient (Wildman–Crippen LogP) is -0.702. The Balaban J connectivity index is 1.05. The van der Waals surface area contributed by atoms with Gasteiger partial charge in [-0.3, -0.25) is 23.4 Å². The van der Waals surface area contributed by atoms with Gasteiger partial charge in [-0.2, -0.15) is 13.8 Å². The SMILES string of the molecule is Nc1nc2c(ncn2[C@@H]2OC3OCC45O[C@@H]6[C@H]4C5(COP(O)(=S)O[C@@H]2C3(F)F)O[C@H]6n2cnc3c(N)ncnc32)c(=O)[nH]1. The zero-order valence-electron chi connectivity index (χ0n) is 21.3. The van der Waals surface area contributed by atoms with E-state index in [9.17, 15) is 9.69 Å². The van der Waals surface area contributed by atoms with Gasteiger partial charge in [-0.05, 0) is 11.8 Å². The molecule has 8 heterocycles. The number of nitrogens with one attached hydrogen (secondary N) is 1. The van der Waals surface area contributed by atoms with Gasteiger partial charge in [-0.15, -0.1) is 0 Å². The zero-order chi connectivity index (χ0) is 29.7. The van der Waals surface area contributed by atoms with Gasteiger partial charge in [0.15, 0.2) is 41.2 Å². The summed E-state index contributed by atoms with van der Waals surface area (Å²) < 4.78 is 69.4. The van der Waals surface area contributed by atoms with Crippen LogP contribution in [0.5, 0.6) is 0 Å². The van der Waals surface area contributed by atoms with Crippen LogP contribution >= 0.6 is 6.72 Å². The van der Waals surface area contributed by atoms with E-state index in [0.29, 0.717) is 11.2 Å². The van der Waals surface area contributed by atoms with Crippen LogP contribution in [-0.4, -0.2) is 92.8 Å². The molecular weight excluding hydrogens is 621 g/mol. The van der Waals surface area contributed by atoms with E-state index < -0.39 is 60.4 Å². The molecule has 226 valence electrons. The van der Waals surface area contributed by atoms with E-state index in [1.165, 1.54) is 12.7 Å². The zero-order valence-corrected chi connectivity index (χ0v) is 23.0. The average molecular weight is 640 g/mol. The number of nitrogens with two attached hydrogens (primary N) is 2. The van der Waals surface area contributed by atoms with Crippen molar-refractivity contribution in [2.75, 3.05) is 24.7 Å². The predicted molar refractivity (Wildman–Crippen MR) is 138 cm³/mol. The maximum Gasteiger partial charge on any atom is 0.328 e. The van der Waals surface area contributed by atoms with Gasteiger partial charge in [0.05, 0.1) is 31.8 Å². The molecular formula is C21H19F2N10O8PS. The van der Waals surface area contributed by atoms with Gasteiger partial charge < -0.3 is 39.8 Å². The van der Waals surface area contributed by atoms with Crippen LogP contribution in [0.4, 0.5) is 20.5 Å². The largest absolute Gasteiger partial charge is 0.382 e. The second-order valence-corrected chi connectivity index (χ2v) is 13.6. The molecule has 43 heavy (non-hydrogen) atoms. The molecule has 2 spiro atoms. The van der Waals surface area contributed by atoms with Gasteiger partial charge in [0.2, 0.25) is 12.2 Å². The Morgan fingerprint density at radius 2 is 1.79 bits per heavy atom. The highest BCUT2D eigenvalue weighted by atomic mass is 32.5. The minimum Gasteiger partial charge on any atom is -0.382 e. The van der Waals surface area contributed by atoms with Gasteiger partial charge in [-0.25, -0.2) is 19.9 Å². The molecule has 1 aliphatic carbocycles. The molecule has 4 unspecified atom stereocenters. The fraction of sp³-hybridized carbons (Fsp3) is 0.524. The minimum absolute atomic E-state index is 0.159. The van der Waals surface area contributed by atoms with Crippen molar-refractivity contribution in [3.05, 3.63) is 29.3 Å². The Morgan fingerprint density at radius 3 is 2.60 bits per heavy atom. The number of H-pyrrole nitrogens is 1. The number of ether oxygens (including phenoxy) is 4. The summed E-state index contributed by atoms with van der Waals surface area (Å²) in [7, 11) is 0. The number of halogens is 2. The quantitative estimate of drug-likeness (QED) is 0.198. The summed E-state index contributed by atoms with van der Waals surface area (Å²) in [6.45, 7) is -5.10. The molecule has 1 saturated carbocycles. The van der Waals surface area contributed by atoms with Gasteiger partial charge >= 0.3 is 12.6 Å². The number of alkyl halides is 2. The third-order valence-corrected chi connectivity index (χ3v) is 10.2. The fourth-order valence-electron chi connectivity index (χ4n) is 6.74. The lowest BCUT2D eigenvalue weighted by Gasteiger charge is -2.42. The number of hydrogen-bond acceptors (Lipinski definition) is 15. The van der Waals surface area contributed by atoms with Crippen molar-refractivity contribution in [1.82, 2.24) is 39.0 Å². The van der Waals surface area contributed by atoms with Gasteiger partial charge in [0.1, 0.15) is 29.2 Å². The molecule has 18 nitrogen and oxygen atoms in total. The normalized spacial score (nSPS) is 41.0. The number of aromatic amines is 1. The van der Waals surface area contributed by atoms with E-state index in [1.807, 2.05) is 0 Å². The van der Waals surface area contributed by atoms with Gasteiger partial charge in [0, 0.05) is 0 Å². The van der Waals surface area contributed by atoms with Crippen LogP contribution in [0.25, 0.3) is 22.3 Å². The van der Waals surface area contributed by atoms with E-state index in [4.69, 9.17) is 51.3 Å². The van der Waals surface area contributed by atoms with Crippen molar-refractivity contribution in [2.24, 2.45) is 5.92 Å². The Kier molecular flexibility index (Phi) is 4.90. The first-order valence-electron chi connectivity index (χ1n) is 12.8. The second kappa shape index (κ2) is 8.06. The van der Waals surface area contributed by atoms with Crippen molar-refractivity contribution in [3.8, 4) is 0 Å². The summed E-state index contributed by atoms with van der Waals surface area (Å²) in [6, 6.07) is 0. The highest BCUT2D eigenvalue weighted by Gasteiger charge is 2.95. The van der Waals surface area contributed by atoms with Crippen LogP contribution in [0.3, 0.4) is 0 Å². The third kappa shape index (κ3) is 3.20. The number of imidazole rings is 2. The van der Waals surface area contributed by atoms with Crippen LogP contribution < -0.4 is 17.0 Å². The highest BCUT2D eigenvalue weighted by molar-refractivity contribution is 8.07. The van der Waals surface area contributed by atoms with E-state index in [0.717, 1.165) is 10.9 Å². The molecule has 22 heteroatoms. The first-order valence-corrected chi connectivity index (χ1v) is 15.4. The van der Waals surface area contributed by atoms with Crippen molar-refractivity contribution >= 4 is 52.6 Å². The highest BCUT2D eigenvalue weighted by Crippen LogP contribution is 2.78. The average Bonchev–Trinajstić information content (AvgIpc) is 3.51. The lowest BCUT2D eigenvalue weighted by Crippen LogP contribution is -2.54. The second-order valence-electron chi connectivity index (χ2n) is 10.8. The maximum absolute atomic E-state index is 15.9. The molecule has 4 aliphatic heterocycles. The topological polar surface area (TPSA) is 235 Å². The monoisotopic (exact) mass is 640 g/mol. The van der Waals surface area contributed by atoms with Crippen LogP contribution in [-0.2, 0) is 39.8 Å². The van der Waals surface area contributed by atoms with Gasteiger partial charge in [0.25, 0.3) is 5.56 Å². The summed E-state index contributed by atoms with van der Waals surface area (Å²) in [5.74, 6) is -4.35. The first kappa shape index (κ1) is 26.2. The molecule has 4 saturated heterocycles. The molecule has 9 rings (SSSR count). The molecule has 4 aromatic rings. The molecule has 4 aromatic heterocycles. The molecule has 6 N–H and O–H groups in total. The maximum atomic E-state index is 15.9. The summed E-state index contributed by atoms with van der Waals surface area (Å²) in [5.41, 5.74) is 8.91. The van der Waals surface area contributed by atoms with Gasteiger partial charge in [-0.1, -0.05) is 0 Å². The summed E-state index contributed by atoms with van der Waals surface area (Å²) >= 11 is 5.17. The number of anilines is 2. The third-order valence-electron chi connectivity index (χ3n) is 8.66. The van der Waals surface area contributed by atoms with E-state index in [2.05, 4.69) is 29.9 Å². The van der Waals surface area contributed by atoms with Crippen molar-refractivity contribution in [1.29, 1.82) is 0 Å². The van der Waals surface area contributed by atoms with E-state index in [-0.39, 0.29) is 42.1 Å². The van der Waals surface area contributed by atoms with Crippen LogP contribution in [0.2, 0.25) is 0 Å². The molecule has 9 atom stereocenters. The number of fused-ring (bicyclic) bond motifs is 4. The number of hydrogen-bond donors (Lipinski definition) is 4. The van der Waals surface area contributed by atoms with E-state index in [1.54, 1.807) is 4.57 Å². The number of nitrogens with zero attached hydrogens (tertiary/aromatic N) is 7. The molecule has 0 aromatic carbocycles. The van der Waals surface area contributed by atoms with E-state index >= 15 is 8.78 Å². The molecule has 5 aliphatic rings. The summed E-state index contributed by atoms with van der Waals surface area (Å²) in [6.07, 6.45) is -3.56. The van der Waals surface area contributed by atoms with Crippen LogP contribution in [0, 0.1) is 5.92 Å². The smallest absolute Gasteiger partial charge is 0.328 e. The van der Waals surface area contributed by atoms with Crippen LogP contribution in [0.1, 0.15) is 12.5 Å². The fourth-order valence-corrected chi connectivity index (χ4v) is 8.12. The Hall–Kier alpha value is -3.27. The van der Waals surface area contributed by atoms with Crippen molar-refractivity contribution in [2.45, 2.75) is 48.1 Å². The number of nitrogen functional groups attached to an aromatic ring is 2. The Bertz CT molecular complexity index is 1980. The molecule has 0 radical (unpaired) electrons. The summed E-state index contributed by atoms with van der Waals surface area (Å²) in [4.78, 5) is 45.9. The summed E-state index contributed by atoms with van der Waals surface area (Å²) in [5, 5.41) is 0. The van der Waals surface area contributed by atoms with Crippen molar-refractivity contribution in [3.63, 3.8) is 0 Å². The lowest BCUT2D eigenvalue weighted by atomic mass is 10.0. The lowest BCUT2D eigenvalue weighted by molar-refractivity contribution is -0.298. The Morgan fingerprint density at radius 1 is 1.05 bits per heavy atom. The number of rotatable bonds is 2. The standard InChI is InChI=1S/C21H19F2N10O8PS/c22-21(23)10-16(33-5-29-7-13(33)30-18(25)31-14(7)34)38-17(21)36-1-19-9-8(39-19)15(40-20(9,19)2-37-42(35,43)41-10)32-4-28-6-11(24)26-3-27-12(6)32/h3-5,8-10,15-17H,1-2H2,(H,35,43)(H2,24,26,27)(H3,25,30,31,34)/t8-,9-,10+,15-,16-,17?,19?,20?,42?/m1/s1. The molecule has 5 fully saturated rings. The first-order chi connectivity index (χ1) is 20.5. The number of aromatic nitrogens is 8. The molecule has 0 amide bonds.